The summed E-state index contributed by atoms with van der Waals surface area (Å²) in [7, 11) is 13.2. The summed E-state index contributed by atoms with van der Waals surface area (Å²) in [6.07, 6.45) is 13.2. The summed E-state index contributed by atoms with van der Waals surface area (Å²) in [5, 5.41) is 3.39. The van der Waals surface area contributed by atoms with Crippen molar-refractivity contribution in [3.8, 4) is 0 Å². The number of likely N-dealkylation sites (N-methyl/N-ethyl adjacent to an activating group) is 1. The molecule has 0 heterocycles. The minimum Gasteiger partial charge on any atom is -0.329 e. The third-order valence-corrected chi connectivity index (χ3v) is 8.57. The molecule has 2 rings (SSSR count). The topological polar surface area (TPSA) is 47.8 Å². The molecule has 3 N–H and O–H groups in total. The van der Waals surface area contributed by atoms with Crippen LogP contribution in [-0.2, 0) is 0 Å². The number of rotatable bonds is 9. The van der Waals surface area contributed by atoms with Gasteiger partial charge in [0.1, 0.15) is 0 Å². The Morgan fingerprint density at radius 2 is 1.16 bits per heavy atom. The highest BCUT2D eigenvalue weighted by atomic mass is 15.2. The van der Waals surface area contributed by atoms with E-state index in [9.17, 15) is 0 Å². The fraction of sp³-hybridized carbons (Fsp3) is 1.00. The smallest absolute Gasteiger partial charge is 0.0297 e. The van der Waals surface area contributed by atoms with Crippen molar-refractivity contribution < 1.29 is 0 Å². The molecule has 0 aliphatic heterocycles. The number of nitrogens with two attached hydrogens (primary N) is 1. The lowest BCUT2D eigenvalue weighted by molar-refractivity contribution is 0.146. The summed E-state index contributed by atoms with van der Waals surface area (Å²) in [4.78, 5) is 7.08. The van der Waals surface area contributed by atoms with E-state index in [0.29, 0.717) is 12.6 Å². The minimum absolute atomic E-state index is 0.176. The maximum absolute atomic E-state index is 5.42. The molecule has 2 saturated carbocycles. The quantitative estimate of drug-likeness (QED) is 0.571. The van der Waals surface area contributed by atoms with Crippen LogP contribution < -0.4 is 11.1 Å². The maximum atomic E-state index is 5.42. The predicted molar refractivity (Wildman–Crippen MR) is 138 cm³/mol. The Bertz CT molecular complexity index is 421. The van der Waals surface area contributed by atoms with Gasteiger partial charge in [-0.1, -0.05) is 0 Å². The van der Waals surface area contributed by atoms with E-state index in [1.807, 2.05) is 0 Å². The first-order valence-corrected chi connectivity index (χ1v) is 12.9. The van der Waals surface area contributed by atoms with Crippen LogP contribution in [0.3, 0.4) is 0 Å². The molecule has 0 spiro atoms. The van der Waals surface area contributed by atoms with Gasteiger partial charge in [-0.25, -0.2) is 0 Å². The lowest BCUT2D eigenvalue weighted by Gasteiger charge is -2.38. The lowest BCUT2D eigenvalue weighted by atomic mass is 9.75. The van der Waals surface area contributed by atoms with Crippen LogP contribution in [0.1, 0.15) is 78.6 Å². The monoisotopic (exact) mass is 439 g/mol. The van der Waals surface area contributed by atoms with Crippen molar-refractivity contribution in [3.05, 3.63) is 0 Å². The van der Waals surface area contributed by atoms with Gasteiger partial charge in [0.2, 0.25) is 0 Å². The van der Waals surface area contributed by atoms with E-state index in [4.69, 9.17) is 5.73 Å². The zero-order valence-electron chi connectivity index (χ0n) is 22.6. The molecule has 0 aromatic heterocycles. The Hall–Kier alpha value is -0.200. The summed E-state index contributed by atoms with van der Waals surface area (Å²) in [6, 6.07) is 2.18. The summed E-state index contributed by atoms with van der Waals surface area (Å²) in [5.74, 6) is 2.08. The van der Waals surface area contributed by atoms with Gasteiger partial charge in [-0.15, -0.1) is 0 Å². The second kappa shape index (κ2) is 14.1. The normalized spacial score (nSPS) is 28.5. The van der Waals surface area contributed by atoms with Crippen LogP contribution >= 0.6 is 0 Å². The van der Waals surface area contributed by atoms with Crippen molar-refractivity contribution in [2.75, 3.05) is 55.4 Å². The average Bonchev–Trinajstić information content (AvgIpc) is 2.73. The van der Waals surface area contributed by atoms with Gasteiger partial charge >= 0.3 is 0 Å². The van der Waals surface area contributed by atoms with Gasteiger partial charge in [-0.3, -0.25) is 0 Å². The van der Waals surface area contributed by atoms with Crippen LogP contribution in [0.15, 0.2) is 0 Å². The van der Waals surface area contributed by atoms with E-state index in [0.717, 1.165) is 30.5 Å². The molecule has 0 aromatic carbocycles. The van der Waals surface area contributed by atoms with Crippen LogP contribution in [0.4, 0.5) is 0 Å². The second-order valence-corrected chi connectivity index (χ2v) is 11.5. The zero-order chi connectivity index (χ0) is 23.6. The number of hydrogen-bond donors (Lipinski definition) is 2. The van der Waals surface area contributed by atoms with Gasteiger partial charge in [0.15, 0.2) is 0 Å². The number of nitrogens with zero attached hydrogens (tertiary/aromatic N) is 3. The Balaban J connectivity index is 0.000000348. The summed E-state index contributed by atoms with van der Waals surface area (Å²) in [5.41, 5.74) is 5.60. The fourth-order valence-electron chi connectivity index (χ4n) is 5.20. The molecule has 5 heteroatoms. The molecule has 0 aromatic rings. The van der Waals surface area contributed by atoms with Crippen molar-refractivity contribution in [1.82, 2.24) is 20.0 Å². The molecule has 2 fully saturated rings. The third-order valence-electron chi connectivity index (χ3n) is 8.57. The highest BCUT2D eigenvalue weighted by Gasteiger charge is 2.28. The second-order valence-electron chi connectivity index (χ2n) is 11.5. The van der Waals surface area contributed by atoms with E-state index in [2.05, 4.69) is 83.1 Å². The Labute approximate surface area is 195 Å². The van der Waals surface area contributed by atoms with Gasteiger partial charge < -0.3 is 25.8 Å². The van der Waals surface area contributed by atoms with Crippen molar-refractivity contribution in [2.45, 2.75) is 102 Å². The summed E-state index contributed by atoms with van der Waals surface area (Å²) < 4.78 is 0. The molecule has 31 heavy (non-hydrogen) atoms. The van der Waals surface area contributed by atoms with Crippen LogP contribution in [0.2, 0.25) is 0 Å². The molecule has 186 valence electrons. The van der Waals surface area contributed by atoms with Gasteiger partial charge in [-0.2, -0.15) is 0 Å². The van der Waals surface area contributed by atoms with E-state index in [1.54, 1.807) is 0 Å². The van der Waals surface area contributed by atoms with Crippen molar-refractivity contribution in [3.63, 3.8) is 0 Å². The first-order chi connectivity index (χ1) is 14.5. The molecule has 0 saturated heterocycles. The van der Waals surface area contributed by atoms with E-state index < -0.39 is 0 Å². The molecule has 0 amide bonds. The molecule has 0 radical (unpaired) electrons. The Morgan fingerprint density at radius 3 is 1.45 bits per heavy atom. The summed E-state index contributed by atoms with van der Waals surface area (Å²) >= 11 is 0. The van der Waals surface area contributed by atoms with Gasteiger partial charge in [0.05, 0.1) is 0 Å². The maximum Gasteiger partial charge on any atom is 0.0297 e. The van der Waals surface area contributed by atoms with E-state index in [-0.39, 0.29) is 5.54 Å². The molecular formula is C26H57N5. The van der Waals surface area contributed by atoms with Crippen molar-refractivity contribution >= 4 is 0 Å². The first-order valence-electron chi connectivity index (χ1n) is 12.9. The first kappa shape index (κ1) is 28.8. The van der Waals surface area contributed by atoms with Crippen LogP contribution in [-0.4, -0.2) is 93.7 Å². The highest BCUT2D eigenvalue weighted by molar-refractivity contribution is 4.88. The minimum atomic E-state index is 0.176. The number of nitrogens with one attached hydrogen (secondary N) is 1. The zero-order valence-corrected chi connectivity index (χ0v) is 22.6. The Kier molecular flexibility index (Phi) is 13.2. The van der Waals surface area contributed by atoms with Gasteiger partial charge in [-0.05, 0) is 133 Å². The lowest BCUT2D eigenvalue weighted by Crippen LogP contribution is -2.54. The van der Waals surface area contributed by atoms with E-state index >= 15 is 0 Å². The molecule has 2 aliphatic carbocycles. The molecule has 1 unspecified atom stereocenters. The standard InChI is InChI=1S/C17H34N2.C9H23N3/c1-18(2)16-9-5-14(6-10-16)13-15-7-11-17(12-8-15)19(3)4;1-8(11-7-6-10)9(2,3)12(4)5/h14-17H,5-13H2,1-4H3;8,11H,6-7,10H2,1-5H3. The average molecular weight is 440 g/mol. The van der Waals surface area contributed by atoms with Crippen LogP contribution in [0.25, 0.3) is 0 Å². The molecule has 2 aliphatic rings. The van der Waals surface area contributed by atoms with Crippen molar-refractivity contribution in [2.24, 2.45) is 17.6 Å². The number of hydrogen-bond acceptors (Lipinski definition) is 5. The highest BCUT2D eigenvalue weighted by Crippen LogP contribution is 2.36. The molecule has 5 nitrogen and oxygen atoms in total. The fourth-order valence-corrected chi connectivity index (χ4v) is 5.20. The SMILES string of the molecule is CC(NCCN)C(C)(C)N(C)C.CN(C)C1CCC(CC2CCC(N(C)C)CC2)CC1. The molecule has 0 bridgehead atoms. The van der Waals surface area contributed by atoms with Crippen molar-refractivity contribution in [1.29, 1.82) is 0 Å². The van der Waals surface area contributed by atoms with Crippen LogP contribution in [0.5, 0.6) is 0 Å². The predicted octanol–water partition coefficient (Wildman–Crippen LogP) is 3.88. The van der Waals surface area contributed by atoms with Crippen LogP contribution in [0, 0.1) is 11.8 Å². The molecule has 1 atom stereocenters. The van der Waals surface area contributed by atoms with E-state index in [1.165, 1.54) is 57.8 Å². The van der Waals surface area contributed by atoms with Gasteiger partial charge in [0.25, 0.3) is 0 Å². The van der Waals surface area contributed by atoms with Gasteiger partial charge in [0, 0.05) is 36.8 Å². The largest absolute Gasteiger partial charge is 0.329 e. The summed E-state index contributed by atoms with van der Waals surface area (Å²) in [6.45, 7) is 8.23. The molecular weight excluding hydrogens is 382 g/mol. The third kappa shape index (κ3) is 10.1. The Morgan fingerprint density at radius 1 is 0.774 bits per heavy atom.